The summed E-state index contributed by atoms with van der Waals surface area (Å²) in [6, 6.07) is 3.05. The Kier molecular flexibility index (Phi) is 4.19. The van der Waals surface area contributed by atoms with E-state index in [1.165, 1.54) is 6.07 Å². The fourth-order valence-corrected chi connectivity index (χ4v) is 2.62. The lowest BCUT2D eigenvalue weighted by Crippen LogP contribution is -2.47. The van der Waals surface area contributed by atoms with E-state index in [2.05, 4.69) is 5.32 Å². The molecule has 1 atom stereocenters. The minimum Gasteiger partial charge on any atom is -0.485 e. The summed E-state index contributed by atoms with van der Waals surface area (Å²) in [7, 11) is 0. The highest BCUT2D eigenvalue weighted by Gasteiger charge is 2.34. The Bertz CT molecular complexity index is 635. The van der Waals surface area contributed by atoms with Gasteiger partial charge in [-0.2, -0.15) is 13.2 Å². The van der Waals surface area contributed by atoms with Crippen LogP contribution in [0.1, 0.15) is 5.56 Å². The van der Waals surface area contributed by atoms with Crippen LogP contribution in [0.4, 0.5) is 13.2 Å². The van der Waals surface area contributed by atoms with Crippen LogP contribution in [0, 0.1) is 0 Å². The SMILES string of the molecule is O=C=C(C1COc2cc(C(F)(F)F)ccc2O1)N1CCNCC1. The van der Waals surface area contributed by atoms with Crippen LogP contribution < -0.4 is 14.8 Å². The molecule has 1 aromatic carbocycles. The molecular formula is C15H15F3N2O3. The standard InChI is InChI=1S/C15H15F3N2O3/c16-15(17,18)10-1-2-12-13(7-10)22-9-14(23-12)11(8-21)20-5-3-19-4-6-20/h1-2,7,14,19H,3-6,9H2. The van der Waals surface area contributed by atoms with Crippen LogP contribution in [0.15, 0.2) is 23.9 Å². The normalized spacial score (nSPS) is 20.8. The Morgan fingerprint density at radius 1 is 1.26 bits per heavy atom. The summed E-state index contributed by atoms with van der Waals surface area (Å²) in [5, 5.41) is 3.17. The largest absolute Gasteiger partial charge is 0.485 e. The molecule has 0 spiro atoms. The van der Waals surface area contributed by atoms with E-state index in [4.69, 9.17) is 9.47 Å². The quantitative estimate of drug-likeness (QED) is 0.833. The molecule has 1 unspecified atom stereocenters. The maximum atomic E-state index is 12.7. The lowest BCUT2D eigenvalue weighted by Gasteiger charge is -2.35. The van der Waals surface area contributed by atoms with Crippen LogP contribution in [-0.4, -0.2) is 49.7 Å². The van der Waals surface area contributed by atoms with Crippen LogP contribution in [0.2, 0.25) is 0 Å². The maximum Gasteiger partial charge on any atom is 0.416 e. The molecule has 2 aliphatic rings. The molecule has 8 heteroatoms. The van der Waals surface area contributed by atoms with E-state index in [-0.39, 0.29) is 18.1 Å². The topological polar surface area (TPSA) is 50.8 Å². The Morgan fingerprint density at radius 2 is 2.00 bits per heavy atom. The molecule has 2 heterocycles. The monoisotopic (exact) mass is 328 g/mol. The van der Waals surface area contributed by atoms with E-state index in [0.29, 0.717) is 18.8 Å². The van der Waals surface area contributed by atoms with Gasteiger partial charge in [-0.1, -0.05) is 0 Å². The third kappa shape index (κ3) is 3.28. The van der Waals surface area contributed by atoms with Crippen molar-refractivity contribution in [3.63, 3.8) is 0 Å². The van der Waals surface area contributed by atoms with E-state index in [9.17, 15) is 18.0 Å². The highest BCUT2D eigenvalue weighted by Crippen LogP contribution is 2.39. The zero-order valence-electron chi connectivity index (χ0n) is 12.2. The summed E-state index contributed by atoms with van der Waals surface area (Å²) < 4.78 is 49.1. The summed E-state index contributed by atoms with van der Waals surface area (Å²) >= 11 is 0. The van der Waals surface area contributed by atoms with Gasteiger partial charge in [0, 0.05) is 26.2 Å². The molecule has 2 aliphatic heterocycles. The number of hydrogen-bond acceptors (Lipinski definition) is 5. The van der Waals surface area contributed by atoms with Crippen molar-refractivity contribution in [2.45, 2.75) is 12.3 Å². The molecule has 23 heavy (non-hydrogen) atoms. The molecule has 124 valence electrons. The van der Waals surface area contributed by atoms with Crippen molar-refractivity contribution in [2.24, 2.45) is 0 Å². The summed E-state index contributed by atoms with van der Waals surface area (Å²) in [5.41, 5.74) is -0.469. The number of rotatable bonds is 2. The van der Waals surface area contributed by atoms with Gasteiger partial charge in [0.1, 0.15) is 18.2 Å². The second-order valence-electron chi connectivity index (χ2n) is 5.30. The van der Waals surface area contributed by atoms with Crippen LogP contribution in [-0.2, 0) is 11.0 Å². The summed E-state index contributed by atoms with van der Waals surface area (Å²) in [4.78, 5) is 13.1. The molecule has 0 saturated carbocycles. The molecule has 5 nitrogen and oxygen atoms in total. The molecule has 0 bridgehead atoms. The van der Waals surface area contributed by atoms with Gasteiger partial charge in [0.15, 0.2) is 17.6 Å². The minimum absolute atomic E-state index is 0.0250. The van der Waals surface area contributed by atoms with Gasteiger partial charge in [-0.3, -0.25) is 0 Å². The molecule has 1 saturated heterocycles. The third-order valence-corrected chi connectivity index (χ3v) is 3.80. The highest BCUT2D eigenvalue weighted by molar-refractivity contribution is 5.55. The molecule has 3 rings (SSSR count). The number of alkyl halides is 3. The first-order valence-corrected chi connectivity index (χ1v) is 7.20. The molecule has 0 radical (unpaired) electrons. The van der Waals surface area contributed by atoms with Crippen LogP contribution in [0.5, 0.6) is 11.5 Å². The summed E-state index contributed by atoms with van der Waals surface area (Å²) in [6.07, 6.45) is -5.11. The van der Waals surface area contributed by atoms with Gasteiger partial charge in [0.25, 0.3) is 0 Å². The minimum atomic E-state index is -4.44. The third-order valence-electron chi connectivity index (χ3n) is 3.80. The number of benzene rings is 1. The van der Waals surface area contributed by atoms with E-state index in [1.807, 2.05) is 10.8 Å². The number of fused-ring (bicyclic) bond motifs is 1. The van der Waals surface area contributed by atoms with Crippen molar-refractivity contribution in [3.05, 3.63) is 29.5 Å². The van der Waals surface area contributed by atoms with Crippen LogP contribution in [0.25, 0.3) is 0 Å². The second-order valence-corrected chi connectivity index (χ2v) is 5.30. The molecule has 0 amide bonds. The first-order valence-electron chi connectivity index (χ1n) is 7.20. The lowest BCUT2D eigenvalue weighted by molar-refractivity contribution is -0.137. The Hall–Kier alpha value is -2.18. The molecule has 1 fully saturated rings. The van der Waals surface area contributed by atoms with Crippen molar-refractivity contribution in [1.82, 2.24) is 10.2 Å². The van der Waals surface area contributed by atoms with Crippen molar-refractivity contribution < 1.29 is 27.4 Å². The van der Waals surface area contributed by atoms with Crippen LogP contribution in [0.3, 0.4) is 0 Å². The predicted octanol–water partition coefficient (Wildman–Crippen LogP) is 1.47. The van der Waals surface area contributed by atoms with Crippen molar-refractivity contribution in [3.8, 4) is 11.5 Å². The average Bonchev–Trinajstić information content (AvgIpc) is 2.55. The number of nitrogens with zero attached hydrogens (tertiary/aromatic N) is 1. The zero-order valence-corrected chi connectivity index (χ0v) is 12.2. The van der Waals surface area contributed by atoms with Gasteiger partial charge >= 0.3 is 6.18 Å². The number of hydrogen-bond donors (Lipinski definition) is 1. The number of halogens is 3. The summed E-state index contributed by atoms with van der Waals surface area (Å²) in [5.74, 6) is 2.11. The molecule has 0 aliphatic carbocycles. The smallest absolute Gasteiger partial charge is 0.416 e. The van der Waals surface area contributed by atoms with Gasteiger partial charge in [0.05, 0.1) is 5.56 Å². The van der Waals surface area contributed by atoms with E-state index >= 15 is 0 Å². The first-order chi connectivity index (χ1) is 11.0. The van der Waals surface area contributed by atoms with Crippen LogP contribution >= 0.6 is 0 Å². The average molecular weight is 328 g/mol. The molecule has 1 aromatic rings. The number of nitrogens with one attached hydrogen (secondary N) is 1. The molecular weight excluding hydrogens is 313 g/mol. The van der Waals surface area contributed by atoms with Gasteiger partial charge in [-0.15, -0.1) is 0 Å². The van der Waals surface area contributed by atoms with Crippen molar-refractivity contribution >= 4 is 5.94 Å². The van der Waals surface area contributed by atoms with Gasteiger partial charge < -0.3 is 19.7 Å². The van der Waals surface area contributed by atoms with Gasteiger partial charge in [0.2, 0.25) is 0 Å². The highest BCUT2D eigenvalue weighted by atomic mass is 19.4. The van der Waals surface area contributed by atoms with Gasteiger partial charge in [-0.25, -0.2) is 4.79 Å². The van der Waals surface area contributed by atoms with Crippen molar-refractivity contribution in [1.29, 1.82) is 0 Å². The lowest BCUT2D eigenvalue weighted by atomic mass is 10.1. The second kappa shape index (κ2) is 6.14. The summed E-state index contributed by atoms with van der Waals surface area (Å²) in [6.45, 7) is 2.74. The first kappa shape index (κ1) is 15.7. The number of carbonyl (C=O) groups excluding carboxylic acids is 1. The van der Waals surface area contributed by atoms with E-state index in [1.54, 1.807) is 0 Å². The number of piperazine rings is 1. The Balaban J connectivity index is 1.78. The predicted molar refractivity (Wildman–Crippen MR) is 75.0 cm³/mol. The molecule has 1 N–H and O–H groups in total. The fraction of sp³-hybridized carbons (Fsp3) is 0.467. The van der Waals surface area contributed by atoms with Gasteiger partial charge in [-0.05, 0) is 18.2 Å². The van der Waals surface area contributed by atoms with E-state index in [0.717, 1.165) is 25.2 Å². The van der Waals surface area contributed by atoms with E-state index < -0.39 is 17.8 Å². The van der Waals surface area contributed by atoms with Crippen molar-refractivity contribution in [2.75, 3.05) is 32.8 Å². The maximum absolute atomic E-state index is 12.7. The Labute approximate surface area is 130 Å². The number of ether oxygens (including phenoxy) is 2. The zero-order chi connectivity index (χ0) is 16.4. The molecule has 0 aromatic heterocycles. The fourth-order valence-electron chi connectivity index (χ4n) is 2.62. The Morgan fingerprint density at radius 3 is 2.65 bits per heavy atom.